The second-order valence-electron chi connectivity index (χ2n) is 5.71. The van der Waals surface area contributed by atoms with Crippen molar-refractivity contribution in [3.05, 3.63) is 82.2 Å². The maximum absolute atomic E-state index is 14.1. The van der Waals surface area contributed by atoms with Gasteiger partial charge in [-0.15, -0.1) is 0 Å². The molecule has 0 aliphatic heterocycles. The van der Waals surface area contributed by atoms with Crippen LogP contribution in [0.2, 0.25) is 0 Å². The van der Waals surface area contributed by atoms with E-state index in [1.165, 1.54) is 17.0 Å². The molecule has 4 rings (SSSR count). The van der Waals surface area contributed by atoms with Crippen LogP contribution in [0.5, 0.6) is 0 Å². The number of benzene rings is 2. The minimum Gasteiger partial charge on any atom is -0.444 e. The van der Waals surface area contributed by atoms with Crippen LogP contribution in [0.15, 0.2) is 63.7 Å². The fraction of sp³-hybridized carbons (Fsp3) is 0.0526. The van der Waals surface area contributed by atoms with Crippen molar-refractivity contribution < 1.29 is 18.0 Å². The van der Waals surface area contributed by atoms with E-state index in [9.17, 15) is 13.6 Å². The lowest BCUT2D eigenvalue weighted by Crippen LogP contribution is -2.30. The lowest BCUT2D eigenvalue weighted by molar-refractivity contribution is 0.0957. The predicted octanol–water partition coefficient (Wildman–Crippen LogP) is 5.78. The summed E-state index contributed by atoms with van der Waals surface area (Å²) in [5, 5.41) is 0.260. The Kier molecular flexibility index (Phi) is 4.75. The first kappa shape index (κ1) is 17.8. The number of amides is 1. The van der Waals surface area contributed by atoms with Crippen LogP contribution in [0.25, 0.3) is 10.2 Å². The van der Waals surface area contributed by atoms with Crippen molar-refractivity contribution in [2.75, 3.05) is 4.90 Å². The summed E-state index contributed by atoms with van der Waals surface area (Å²) in [5.74, 6) is -1.76. The normalized spacial score (nSPS) is 11.1. The number of furan rings is 1. The topological polar surface area (TPSA) is 46.3 Å². The highest BCUT2D eigenvalue weighted by molar-refractivity contribution is 9.10. The zero-order chi connectivity index (χ0) is 19.0. The molecule has 0 N–H and O–H groups in total. The molecule has 136 valence electrons. The largest absolute Gasteiger partial charge is 0.444 e. The van der Waals surface area contributed by atoms with Crippen LogP contribution in [0.4, 0.5) is 13.9 Å². The predicted molar refractivity (Wildman–Crippen MR) is 103 cm³/mol. The van der Waals surface area contributed by atoms with Gasteiger partial charge in [0.05, 0.1) is 11.2 Å². The van der Waals surface area contributed by atoms with Crippen molar-refractivity contribution in [2.45, 2.75) is 6.54 Å². The van der Waals surface area contributed by atoms with Crippen LogP contribution in [0.1, 0.15) is 16.1 Å². The van der Waals surface area contributed by atoms with Crippen molar-refractivity contribution in [3.63, 3.8) is 0 Å². The molecule has 0 fully saturated rings. The summed E-state index contributed by atoms with van der Waals surface area (Å²) < 4.78 is 33.7. The number of thiazole rings is 1. The number of hydrogen-bond acceptors (Lipinski definition) is 4. The molecule has 27 heavy (non-hydrogen) atoms. The van der Waals surface area contributed by atoms with Crippen LogP contribution in [-0.2, 0) is 6.54 Å². The lowest BCUT2D eigenvalue weighted by atomic mass is 10.2. The van der Waals surface area contributed by atoms with E-state index in [1.807, 2.05) is 30.3 Å². The Morgan fingerprint density at radius 2 is 1.93 bits per heavy atom. The second-order valence-corrected chi connectivity index (χ2v) is 7.50. The molecular formula is C19H11BrF2N2O2S. The van der Waals surface area contributed by atoms with Crippen molar-refractivity contribution >= 4 is 48.5 Å². The Balaban J connectivity index is 1.79. The molecule has 1 amide bonds. The summed E-state index contributed by atoms with van der Waals surface area (Å²) in [6.07, 6.45) is 0. The fourth-order valence-corrected chi connectivity index (χ4v) is 3.92. The molecular weight excluding hydrogens is 438 g/mol. The van der Waals surface area contributed by atoms with Gasteiger partial charge >= 0.3 is 0 Å². The minimum atomic E-state index is -0.764. The van der Waals surface area contributed by atoms with Crippen molar-refractivity contribution in [3.8, 4) is 0 Å². The van der Waals surface area contributed by atoms with Gasteiger partial charge in [-0.25, -0.2) is 13.8 Å². The monoisotopic (exact) mass is 448 g/mol. The van der Waals surface area contributed by atoms with Gasteiger partial charge in [0.1, 0.15) is 11.3 Å². The summed E-state index contributed by atoms with van der Waals surface area (Å²) in [4.78, 5) is 18.6. The number of fused-ring (bicyclic) bond motifs is 1. The highest BCUT2D eigenvalue weighted by Gasteiger charge is 2.25. The number of rotatable bonds is 4. The third kappa shape index (κ3) is 3.63. The first-order valence-corrected chi connectivity index (χ1v) is 9.49. The maximum Gasteiger partial charge on any atom is 0.296 e. The van der Waals surface area contributed by atoms with Gasteiger partial charge in [-0.1, -0.05) is 41.7 Å². The van der Waals surface area contributed by atoms with Crippen molar-refractivity contribution in [2.24, 2.45) is 0 Å². The first-order chi connectivity index (χ1) is 13.0. The van der Waals surface area contributed by atoms with E-state index in [0.29, 0.717) is 9.37 Å². The van der Waals surface area contributed by atoms with E-state index in [2.05, 4.69) is 20.9 Å². The number of carbonyl (C=O) groups excluding carboxylic acids is 1. The van der Waals surface area contributed by atoms with Gasteiger partial charge in [0.25, 0.3) is 5.91 Å². The Morgan fingerprint density at radius 3 is 2.63 bits per heavy atom. The van der Waals surface area contributed by atoms with Crippen LogP contribution in [0.3, 0.4) is 0 Å². The molecule has 2 heterocycles. The molecule has 0 aliphatic carbocycles. The smallest absolute Gasteiger partial charge is 0.296 e. The van der Waals surface area contributed by atoms with Gasteiger partial charge in [-0.2, -0.15) is 0 Å². The highest BCUT2D eigenvalue weighted by atomic mass is 79.9. The van der Waals surface area contributed by atoms with Crippen molar-refractivity contribution in [1.29, 1.82) is 0 Å². The molecule has 8 heteroatoms. The van der Waals surface area contributed by atoms with E-state index < -0.39 is 17.5 Å². The third-order valence-corrected chi connectivity index (χ3v) is 5.30. The zero-order valence-electron chi connectivity index (χ0n) is 13.7. The number of carbonyl (C=O) groups is 1. The van der Waals surface area contributed by atoms with Crippen LogP contribution in [0, 0.1) is 11.6 Å². The quantitative estimate of drug-likeness (QED) is 0.397. The number of hydrogen-bond donors (Lipinski definition) is 0. The van der Waals surface area contributed by atoms with E-state index in [4.69, 9.17) is 4.42 Å². The van der Waals surface area contributed by atoms with Gasteiger partial charge in [0.15, 0.2) is 21.4 Å². The van der Waals surface area contributed by atoms with Gasteiger partial charge < -0.3 is 4.42 Å². The number of nitrogens with zero attached hydrogens (tertiary/aromatic N) is 2. The van der Waals surface area contributed by atoms with Gasteiger partial charge in [-0.05, 0) is 39.7 Å². The average molecular weight is 449 g/mol. The Hall–Kier alpha value is -2.58. The van der Waals surface area contributed by atoms with Crippen molar-refractivity contribution in [1.82, 2.24) is 4.98 Å². The van der Waals surface area contributed by atoms with Gasteiger partial charge in [0.2, 0.25) is 0 Å². The highest BCUT2D eigenvalue weighted by Crippen LogP contribution is 2.33. The molecule has 0 saturated carbocycles. The third-order valence-electron chi connectivity index (χ3n) is 3.85. The van der Waals surface area contributed by atoms with Gasteiger partial charge in [-0.3, -0.25) is 9.69 Å². The molecule has 0 unspecified atom stereocenters. The van der Waals surface area contributed by atoms with E-state index in [1.54, 1.807) is 6.07 Å². The summed E-state index contributed by atoms with van der Waals surface area (Å²) >= 11 is 4.22. The molecule has 2 aromatic heterocycles. The summed E-state index contributed by atoms with van der Waals surface area (Å²) in [6.45, 7) is 0.210. The van der Waals surface area contributed by atoms with Gasteiger partial charge in [0, 0.05) is 6.07 Å². The summed E-state index contributed by atoms with van der Waals surface area (Å²) in [7, 11) is 0. The standard InChI is InChI=1S/C19H11BrF2N2O2S/c20-16-7-6-14(26-16)18(25)24(10-11-4-2-1-3-5-11)19-23-17-13(22)8-12(21)9-15(17)27-19/h1-9H,10H2. The number of halogens is 3. The van der Waals surface area contributed by atoms with E-state index in [0.717, 1.165) is 23.0 Å². The lowest BCUT2D eigenvalue weighted by Gasteiger charge is -2.18. The van der Waals surface area contributed by atoms with E-state index in [-0.39, 0.29) is 23.0 Å². The fourth-order valence-electron chi connectivity index (χ4n) is 2.62. The summed E-state index contributed by atoms with van der Waals surface area (Å²) in [6, 6.07) is 14.4. The minimum absolute atomic E-state index is 0.0305. The molecule has 4 aromatic rings. The SMILES string of the molecule is O=C(c1ccc(Br)o1)N(Cc1ccccc1)c1nc2c(F)cc(F)cc2s1. The summed E-state index contributed by atoms with van der Waals surface area (Å²) in [5.41, 5.74) is 0.894. The number of aromatic nitrogens is 1. The molecule has 0 aliphatic rings. The number of anilines is 1. The molecule has 0 saturated heterocycles. The Bertz CT molecular complexity index is 1130. The molecule has 2 aromatic carbocycles. The van der Waals surface area contributed by atoms with Crippen LogP contribution < -0.4 is 4.90 Å². The maximum atomic E-state index is 14.1. The zero-order valence-corrected chi connectivity index (χ0v) is 16.1. The Labute approximate surface area is 165 Å². The Morgan fingerprint density at radius 1 is 1.15 bits per heavy atom. The average Bonchev–Trinajstić information content (AvgIpc) is 3.26. The van der Waals surface area contributed by atoms with E-state index >= 15 is 0 Å². The van der Waals surface area contributed by atoms with Crippen LogP contribution in [-0.4, -0.2) is 10.9 Å². The van der Waals surface area contributed by atoms with Crippen LogP contribution >= 0.6 is 27.3 Å². The molecule has 4 nitrogen and oxygen atoms in total. The first-order valence-electron chi connectivity index (χ1n) is 7.88. The molecule has 0 atom stereocenters. The molecule has 0 spiro atoms. The molecule has 0 radical (unpaired) electrons. The second kappa shape index (κ2) is 7.21. The molecule has 0 bridgehead atoms.